The van der Waals surface area contributed by atoms with Crippen molar-refractivity contribution in [2.45, 2.75) is 59.1 Å². The van der Waals surface area contributed by atoms with Gasteiger partial charge in [-0.1, -0.05) is 0 Å². The summed E-state index contributed by atoms with van der Waals surface area (Å²) in [5, 5.41) is 0. The lowest BCUT2D eigenvalue weighted by molar-refractivity contribution is 0.0199. The topological polar surface area (TPSA) is 58.6 Å². The predicted molar refractivity (Wildman–Crippen MR) is 90.7 cm³/mol. The minimum absolute atomic E-state index is 0.206. The van der Waals surface area contributed by atoms with Crippen LogP contribution in [0.1, 0.15) is 45.0 Å². The largest absolute Gasteiger partial charge is 0.444 e. The predicted octanol–water partition coefficient (Wildman–Crippen LogP) is 2.93. The van der Waals surface area contributed by atoms with Gasteiger partial charge in [-0.2, -0.15) is 0 Å². The van der Waals surface area contributed by atoms with Crippen molar-refractivity contribution in [3.8, 4) is 0 Å². The number of aryl methyl sites for hydroxylation is 2. The molecule has 1 fully saturated rings. The third kappa shape index (κ3) is 4.81. The molecule has 1 amide bonds. The standard InChI is InChI=1S/C17H28N4O2/c1-12-10-13(2)19-15(18-12)20(6)14-8-7-9-21(11-14)16(22)23-17(3,4)5/h10,14H,7-9,11H2,1-6H3. The van der Waals surface area contributed by atoms with Crippen LogP contribution in [0.4, 0.5) is 10.7 Å². The molecule has 1 atom stereocenters. The number of piperidine rings is 1. The summed E-state index contributed by atoms with van der Waals surface area (Å²) < 4.78 is 5.49. The summed E-state index contributed by atoms with van der Waals surface area (Å²) in [7, 11) is 2.00. The van der Waals surface area contributed by atoms with Crippen molar-refractivity contribution < 1.29 is 9.53 Å². The van der Waals surface area contributed by atoms with E-state index in [-0.39, 0.29) is 12.1 Å². The van der Waals surface area contributed by atoms with Crippen LogP contribution in [0, 0.1) is 13.8 Å². The second kappa shape index (κ2) is 6.72. The second-order valence-corrected chi connectivity index (χ2v) is 7.28. The number of ether oxygens (including phenoxy) is 1. The Morgan fingerprint density at radius 1 is 1.30 bits per heavy atom. The van der Waals surface area contributed by atoms with E-state index >= 15 is 0 Å². The molecule has 1 aliphatic rings. The molecule has 1 saturated heterocycles. The van der Waals surface area contributed by atoms with Crippen LogP contribution in [0.25, 0.3) is 0 Å². The van der Waals surface area contributed by atoms with Gasteiger partial charge in [-0.05, 0) is 53.5 Å². The van der Waals surface area contributed by atoms with Crippen LogP contribution in [-0.2, 0) is 4.74 Å². The number of likely N-dealkylation sites (N-methyl/N-ethyl adjacent to an activating group) is 1. The molecule has 0 radical (unpaired) electrons. The average molecular weight is 320 g/mol. The number of aromatic nitrogens is 2. The monoisotopic (exact) mass is 320 g/mol. The number of nitrogens with zero attached hydrogens (tertiary/aromatic N) is 4. The molecule has 1 aliphatic heterocycles. The van der Waals surface area contributed by atoms with Gasteiger partial charge >= 0.3 is 6.09 Å². The maximum absolute atomic E-state index is 12.3. The van der Waals surface area contributed by atoms with Crippen LogP contribution in [0.3, 0.4) is 0 Å². The zero-order valence-electron chi connectivity index (χ0n) is 15.1. The molecule has 128 valence electrons. The van der Waals surface area contributed by atoms with E-state index in [1.807, 2.05) is 47.7 Å². The van der Waals surface area contributed by atoms with Crippen LogP contribution in [0.15, 0.2) is 6.07 Å². The van der Waals surface area contributed by atoms with Crippen LogP contribution in [0.2, 0.25) is 0 Å². The van der Waals surface area contributed by atoms with Gasteiger partial charge < -0.3 is 14.5 Å². The van der Waals surface area contributed by atoms with Crippen molar-refractivity contribution in [3.05, 3.63) is 17.5 Å². The van der Waals surface area contributed by atoms with Gasteiger partial charge in [0.1, 0.15) is 5.60 Å². The molecule has 0 aromatic carbocycles. The SMILES string of the molecule is Cc1cc(C)nc(N(C)C2CCCN(C(=O)OC(C)(C)C)C2)n1. The molecule has 23 heavy (non-hydrogen) atoms. The highest BCUT2D eigenvalue weighted by atomic mass is 16.6. The Balaban J connectivity index is 2.06. The number of anilines is 1. The van der Waals surface area contributed by atoms with Crippen molar-refractivity contribution in [3.63, 3.8) is 0 Å². The van der Waals surface area contributed by atoms with E-state index in [0.717, 1.165) is 36.7 Å². The molecular weight excluding hydrogens is 292 g/mol. The summed E-state index contributed by atoms with van der Waals surface area (Å²) in [5.41, 5.74) is 1.45. The van der Waals surface area contributed by atoms with Gasteiger partial charge in [0.25, 0.3) is 0 Å². The van der Waals surface area contributed by atoms with Crippen molar-refractivity contribution in [1.82, 2.24) is 14.9 Å². The molecule has 0 bridgehead atoms. The van der Waals surface area contributed by atoms with Crippen LogP contribution >= 0.6 is 0 Å². The van der Waals surface area contributed by atoms with Gasteiger partial charge in [0, 0.05) is 37.6 Å². The van der Waals surface area contributed by atoms with Gasteiger partial charge in [0.15, 0.2) is 0 Å². The van der Waals surface area contributed by atoms with Crippen molar-refractivity contribution in [2.75, 3.05) is 25.0 Å². The quantitative estimate of drug-likeness (QED) is 0.838. The Morgan fingerprint density at radius 2 is 1.91 bits per heavy atom. The van der Waals surface area contributed by atoms with Crippen molar-refractivity contribution in [2.24, 2.45) is 0 Å². The number of carbonyl (C=O) groups is 1. The lowest BCUT2D eigenvalue weighted by atomic mass is 10.1. The second-order valence-electron chi connectivity index (χ2n) is 7.28. The number of amides is 1. The molecule has 1 aromatic rings. The minimum Gasteiger partial charge on any atom is -0.444 e. The zero-order chi connectivity index (χ0) is 17.2. The first kappa shape index (κ1) is 17.5. The van der Waals surface area contributed by atoms with E-state index in [9.17, 15) is 4.79 Å². The average Bonchev–Trinajstić information content (AvgIpc) is 2.44. The molecule has 0 saturated carbocycles. The summed E-state index contributed by atoms with van der Waals surface area (Å²) in [4.78, 5) is 25.2. The van der Waals surface area contributed by atoms with Gasteiger partial charge in [-0.15, -0.1) is 0 Å². The van der Waals surface area contributed by atoms with Crippen molar-refractivity contribution >= 4 is 12.0 Å². The Morgan fingerprint density at radius 3 is 2.48 bits per heavy atom. The first-order valence-electron chi connectivity index (χ1n) is 8.19. The van der Waals surface area contributed by atoms with Crippen LogP contribution < -0.4 is 4.90 Å². The Kier molecular flexibility index (Phi) is 5.12. The fourth-order valence-electron chi connectivity index (χ4n) is 2.79. The highest BCUT2D eigenvalue weighted by Gasteiger charge is 2.30. The minimum atomic E-state index is -0.466. The highest BCUT2D eigenvalue weighted by molar-refractivity contribution is 5.68. The van der Waals surface area contributed by atoms with Crippen LogP contribution in [-0.4, -0.2) is 52.7 Å². The molecule has 6 heteroatoms. The van der Waals surface area contributed by atoms with E-state index in [1.54, 1.807) is 4.90 Å². The maximum atomic E-state index is 12.3. The first-order valence-corrected chi connectivity index (χ1v) is 8.19. The molecular formula is C17H28N4O2. The zero-order valence-corrected chi connectivity index (χ0v) is 15.1. The Labute approximate surface area is 138 Å². The van der Waals surface area contributed by atoms with Gasteiger partial charge in [-0.3, -0.25) is 0 Å². The summed E-state index contributed by atoms with van der Waals surface area (Å²) in [6.07, 6.45) is 1.74. The molecule has 6 nitrogen and oxygen atoms in total. The van der Waals surface area contributed by atoms with Crippen molar-refractivity contribution in [1.29, 1.82) is 0 Å². The summed E-state index contributed by atoms with van der Waals surface area (Å²) >= 11 is 0. The van der Waals surface area contributed by atoms with E-state index in [0.29, 0.717) is 6.54 Å². The van der Waals surface area contributed by atoms with Crippen LogP contribution in [0.5, 0.6) is 0 Å². The highest BCUT2D eigenvalue weighted by Crippen LogP contribution is 2.21. The number of hydrogen-bond acceptors (Lipinski definition) is 5. The molecule has 0 aliphatic carbocycles. The third-order valence-electron chi connectivity index (χ3n) is 3.88. The number of hydrogen-bond donors (Lipinski definition) is 0. The lowest BCUT2D eigenvalue weighted by Crippen LogP contribution is -2.50. The van der Waals surface area contributed by atoms with Gasteiger partial charge in [0.05, 0.1) is 0 Å². The normalized spacial score (nSPS) is 18.7. The molecule has 0 spiro atoms. The fourth-order valence-corrected chi connectivity index (χ4v) is 2.79. The van der Waals surface area contributed by atoms with E-state index in [4.69, 9.17) is 4.74 Å². The first-order chi connectivity index (χ1) is 10.7. The maximum Gasteiger partial charge on any atom is 0.410 e. The molecule has 2 heterocycles. The Bertz CT molecular complexity index is 548. The Hall–Kier alpha value is -1.85. The number of likely N-dealkylation sites (tertiary alicyclic amines) is 1. The number of carbonyl (C=O) groups excluding carboxylic acids is 1. The van der Waals surface area contributed by atoms with E-state index < -0.39 is 5.60 Å². The molecule has 2 rings (SSSR count). The van der Waals surface area contributed by atoms with E-state index in [1.165, 1.54) is 0 Å². The molecule has 1 aromatic heterocycles. The fraction of sp³-hybridized carbons (Fsp3) is 0.706. The summed E-state index contributed by atoms with van der Waals surface area (Å²) in [6.45, 7) is 11.0. The molecule has 0 N–H and O–H groups in total. The summed E-state index contributed by atoms with van der Waals surface area (Å²) in [6, 6.07) is 2.17. The van der Waals surface area contributed by atoms with E-state index in [2.05, 4.69) is 14.9 Å². The summed E-state index contributed by atoms with van der Waals surface area (Å²) in [5.74, 6) is 0.721. The lowest BCUT2D eigenvalue weighted by Gasteiger charge is -2.38. The number of rotatable bonds is 2. The van der Waals surface area contributed by atoms with Gasteiger partial charge in [-0.25, -0.2) is 14.8 Å². The smallest absolute Gasteiger partial charge is 0.410 e. The molecule has 1 unspecified atom stereocenters. The third-order valence-corrected chi connectivity index (χ3v) is 3.88. The van der Waals surface area contributed by atoms with Gasteiger partial charge in [0.2, 0.25) is 5.95 Å².